The van der Waals surface area contributed by atoms with Gasteiger partial charge in [0.2, 0.25) is 0 Å². The predicted octanol–water partition coefficient (Wildman–Crippen LogP) is 2.14. The molecule has 0 aliphatic rings. The fourth-order valence-corrected chi connectivity index (χ4v) is 1.08. The van der Waals surface area contributed by atoms with Gasteiger partial charge in [0.1, 0.15) is 5.82 Å². The zero-order chi connectivity index (χ0) is 9.52. The van der Waals surface area contributed by atoms with Crippen LogP contribution in [0.1, 0.15) is 5.56 Å². The highest BCUT2D eigenvalue weighted by molar-refractivity contribution is 5.18. The van der Waals surface area contributed by atoms with Crippen molar-refractivity contribution in [1.29, 1.82) is 0 Å². The molecular formula is C11H14FN. The third kappa shape index (κ3) is 3.85. The number of allylic oxidation sites excluding steroid dienone is 1. The van der Waals surface area contributed by atoms with E-state index in [0.29, 0.717) is 0 Å². The van der Waals surface area contributed by atoms with Crippen LogP contribution in [0.5, 0.6) is 0 Å². The van der Waals surface area contributed by atoms with Gasteiger partial charge < -0.3 is 5.32 Å². The summed E-state index contributed by atoms with van der Waals surface area (Å²) < 4.78 is 12.7. The molecule has 0 spiro atoms. The Morgan fingerprint density at radius 1 is 1.38 bits per heavy atom. The van der Waals surface area contributed by atoms with Crippen LogP contribution >= 0.6 is 0 Å². The van der Waals surface area contributed by atoms with E-state index in [1.165, 1.54) is 6.07 Å². The van der Waals surface area contributed by atoms with Crippen molar-refractivity contribution in [3.8, 4) is 0 Å². The Balaban J connectivity index is 2.45. The number of benzene rings is 1. The van der Waals surface area contributed by atoms with Crippen molar-refractivity contribution in [1.82, 2.24) is 5.32 Å². The van der Waals surface area contributed by atoms with Crippen molar-refractivity contribution in [3.05, 3.63) is 47.8 Å². The number of nitrogens with one attached hydrogen (secondary N) is 1. The van der Waals surface area contributed by atoms with Crippen LogP contribution in [0.2, 0.25) is 0 Å². The third-order valence-corrected chi connectivity index (χ3v) is 1.73. The largest absolute Gasteiger partial charge is 0.316 e. The van der Waals surface area contributed by atoms with Crippen LogP contribution in [0.4, 0.5) is 4.39 Å². The normalized spacial score (nSPS) is 10.9. The van der Waals surface area contributed by atoms with Crippen molar-refractivity contribution in [2.75, 3.05) is 13.6 Å². The van der Waals surface area contributed by atoms with Crippen molar-refractivity contribution < 1.29 is 4.39 Å². The standard InChI is InChI=1S/C11H14FN/c1-13-8-3-2-5-10-6-4-7-11(12)9-10/h2-4,6-7,9,13H,5,8H2,1H3/b3-2-. The minimum atomic E-state index is -0.167. The van der Waals surface area contributed by atoms with E-state index in [1.54, 1.807) is 12.1 Å². The molecule has 0 saturated carbocycles. The first-order chi connectivity index (χ1) is 6.33. The van der Waals surface area contributed by atoms with Gasteiger partial charge in [-0.3, -0.25) is 0 Å². The van der Waals surface area contributed by atoms with Gasteiger partial charge in [-0.1, -0.05) is 24.3 Å². The number of rotatable bonds is 4. The van der Waals surface area contributed by atoms with Crippen molar-refractivity contribution in [2.24, 2.45) is 0 Å². The Labute approximate surface area is 78.3 Å². The number of halogens is 1. The molecule has 1 aromatic rings. The molecule has 0 unspecified atom stereocenters. The lowest BCUT2D eigenvalue weighted by Gasteiger charge is -1.95. The molecule has 0 aliphatic heterocycles. The molecule has 0 aliphatic carbocycles. The summed E-state index contributed by atoms with van der Waals surface area (Å²) in [4.78, 5) is 0. The highest BCUT2D eigenvalue weighted by atomic mass is 19.1. The lowest BCUT2D eigenvalue weighted by atomic mass is 10.1. The molecule has 1 N–H and O–H groups in total. The molecule has 0 radical (unpaired) electrons. The summed E-state index contributed by atoms with van der Waals surface area (Å²) >= 11 is 0. The molecule has 70 valence electrons. The Morgan fingerprint density at radius 3 is 2.92 bits per heavy atom. The maximum absolute atomic E-state index is 12.7. The van der Waals surface area contributed by atoms with E-state index < -0.39 is 0 Å². The highest BCUT2D eigenvalue weighted by Gasteiger charge is 1.91. The number of likely N-dealkylation sites (N-methyl/N-ethyl adjacent to an activating group) is 1. The topological polar surface area (TPSA) is 12.0 Å². The third-order valence-electron chi connectivity index (χ3n) is 1.73. The summed E-state index contributed by atoms with van der Waals surface area (Å²) in [6, 6.07) is 6.67. The summed E-state index contributed by atoms with van der Waals surface area (Å²) in [6.07, 6.45) is 4.86. The van der Waals surface area contributed by atoms with Gasteiger partial charge in [0.05, 0.1) is 0 Å². The van der Waals surface area contributed by atoms with E-state index in [1.807, 2.05) is 25.3 Å². The molecule has 0 saturated heterocycles. The number of hydrogen-bond acceptors (Lipinski definition) is 1. The first-order valence-corrected chi connectivity index (χ1v) is 4.37. The van der Waals surface area contributed by atoms with Gasteiger partial charge in [0.15, 0.2) is 0 Å². The maximum atomic E-state index is 12.7. The minimum Gasteiger partial charge on any atom is -0.316 e. The first kappa shape index (κ1) is 9.93. The van der Waals surface area contributed by atoms with E-state index in [2.05, 4.69) is 5.32 Å². The van der Waals surface area contributed by atoms with Crippen LogP contribution in [0.15, 0.2) is 36.4 Å². The van der Waals surface area contributed by atoms with Gasteiger partial charge in [0, 0.05) is 6.54 Å². The van der Waals surface area contributed by atoms with Crippen LogP contribution in [0, 0.1) is 5.82 Å². The quantitative estimate of drug-likeness (QED) is 0.698. The number of hydrogen-bond donors (Lipinski definition) is 1. The zero-order valence-electron chi connectivity index (χ0n) is 7.76. The molecule has 0 fully saturated rings. The predicted molar refractivity (Wildman–Crippen MR) is 53.2 cm³/mol. The molecule has 0 heterocycles. The van der Waals surface area contributed by atoms with Crippen LogP contribution in [-0.2, 0) is 6.42 Å². The lowest BCUT2D eigenvalue weighted by Crippen LogP contribution is -2.03. The molecule has 0 atom stereocenters. The van der Waals surface area contributed by atoms with Gasteiger partial charge in [0.25, 0.3) is 0 Å². The summed E-state index contributed by atoms with van der Waals surface area (Å²) in [6.45, 7) is 0.856. The SMILES string of the molecule is CNC/C=C\Cc1cccc(F)c1. The summed E-state index contributed by atoms with van der Waals surface area (Å²) in [7, 11) is 1.90. The van der Waals surface area contributed by atoms with Gasteiger partial charge in [-0.2, -0.15) is 0 Å². The Kier molecular flexibility index (Phi) is 4.19. The molecule has 0 aromatic heterocycles. The minimum absolute atomic E-state index is 0.167. The van der Waals surface area contributed by atoms with Crippen LogP contribution in [0.3, 0.4) is 0 Å². The maximum Gasteiger partial charge on any atom is 0.123 e. The molecule has 1 nitrogen and oxygen atoms in total. The monoisotopic (exact) mass is 179 g/mol. The van der Waals surface area contributed by atoms with E-state index in [0.717, 1.165) is 18.5 Å². The second-order valence-corrected chi connectivity index (χ2v) is 2.86. The molecule has 13 heavy (non-hydrogen) atoms. The Morgan fingerprint density at radius 2 is 2.23 bits per heavy atom. The van der Waals surface area contributed by atoms with E-state index in [4.69, 9.17) is 0 Å². The van der Waals surface area contributed by atoms with Crippen LogP contribution in [-0.4, -0.2) is 13.6 Å². The highest BCUT2D eigenvalue weighted by Crippen LogP contribution is 2.04. The second kappa shape index (κ2) is 5.49. The average molecular weight is 179 g/mol. The lowest BCUT2D eigenvalue weighted by molar-refractivity contribution is 0.626. The summed E-state index contributed by atoms with van der Waals surface area (Å²) in [5.41, 5.74) is 1.01. The zero-order valence-corrected chi connectivity index (χ0v) is 7.76. The van der Waals surface area contributed by atoms with Crippen molar-refractivity contribution in [3.63, 3.8) is 0 Å². The molecule has 0 amide bonds. The van der Waals surface area contributed by atoms with E-state index >= 15 is 0 Å². The summed E-state index contributed by atoms with van der Waals surface area (Å²) in [5, 5.41) is 3.00. The second-order valence-electron chi connectivity index (χ2n) is 2.86. The summed E-state index contributed by atoms with van der Waals surface area (Å²) in [5.74, 6) is -0.167. The van der Waals surface area contributed by atoms with Gasteiger partial charge in [-0.15, -0.1) is 0 Å². The first-order valence-electron chi connectivity index (χ1n) is 4.37. The fourth-order valence-electron chi connectivity index (χ4n) is 1.08. The molecule has 0 bridgehead atoms. The smallest absolute Gasteiger partial charge is 0.123 e. The van der Waals surface area contributed by atoms with Crippen LogP contribution in [0.25, 0.3) is 0 Å². The van der Waals surface area contributed by atoms with E-state index in [-0.39, 0.29) is 5.82 Å². The van der Waals surface area contributed by atoms with Gasteiger partial charge in [-0.25, -0.2) is 4.39 Å². The Bertz CT molecular complexity index is 281. The molecule has 1 rings (SSSR count). The molecule has 2 heteroatoms. The van der Waals surface area contributed by atoms with Gasteiger partial charge in [-0.05, 0) is 31.2 Å². The van der Waals surface area contributed by atoms with Crippen molar-refractivity contribution in [2.45, 2.75) is 6.42 Å². The van der Waals surface area contributed by atoms with Crippen molar-refractivity contribution >= 4 is 0 Å². The Hall–Kier alpha value is -1.15. The molecular weight excluding hydrogens is 165 g/mol. The van der Waals surface area contributed by atoms with Gasteiger partial charge >= 0.3 is 0 Å². The average Bonchev–Trinajstić information content (AvgIpc) is 2.13. The molecule has 1 aromatic carbocycles. The van der Waals surface area contributed by atoms with Crippen LogP contribution < -0.4 is 5.32 Å². The van der Waals surface area contributed by atoms with E-state index in [9.17, 15) is 4.39 Å². The fraction of sp³-hybridized carbons (Fsp3) is 0.273.